The SMILES string of the molecule is CNc1ncc(Cl)c(N2CCC(COC)CC2)n1. The van der Waals surface area contributed by atoms with E-state index in [1.807, 2.05) is 0 Å². The number of hydrogen-bond donors (Lipinski definition) is 1. The quantitative estimate of drug-likeness (QED) is 0.907. The van der Waals surface area contributed by atoms with Crippen LogP contribution in [0.2, 0.25) is 5.02 Å². The van der Waals surface area contributed by atoms with Crippen LogP contribution in [0.25, 0.3) is 0 Å². The Kier molecular flexibility index (Phi) is 4.60. The average Bonchev–Trinajstić information content (AvgIpc) is 2.41. The lowest BCUT2D eigenvalue weighted by Gasteiger charge is -2.32. The average molecular weight is 271 g/mol. The van der Waals surface area contributed by atoms with Crippen molar-refractivity contribution in [3.63, 3.8) is 0 Å². The van der Waals surface area contributed by atoms with Gasteiger partial charge in [0.2, 0.25) is 5.95 Å². The number of methoxy groups -OCH3 is 1. The molecule has 1 aromatic rings. The van der Waals surface area contributed by atoms with Gasteiger partial charge in [0.25, 0.3) is 0 Å². The highest BCUT2D eigenvalue weighted by Gasteiger charge is 2.22. The molecule has 1 aliphatic rings. The molecule has 0 spiro atoms. The van der Waals surface area contributed by atoms with E-state index in [1.54, 1.807) is 20.4 Å². The summed E-state index contributed by atoms with van der Waals surface area (Å²) in [6.45, 7) is 2.77. The van der Waals surface area contributed by atoms with Gasteiger partial charge in [-0.15, -0.1) is 0 Å². The zero-order valence-electron chi connectivity index (χ0n) is 10.8. The number of anilines is 2. The molecule has 0 amide bonds. The molecule has 0 atom stereocenters. The van der Waals surface area contributed by atoms with Crippen molar-refractivity contribution in [1.29, 1.82) is 0 Å². The summed E-state index contributed by atoms with van der Waals surface area (Å²) >= 11 is 6.16. The number of aromatic nitrogens is 2. The van der Waals surface area contributed by atoms with Gasteiger partial charge in [-0.25, -0.2) is 4.98 Å². The maximum atomic E-state index is 6.16. The molecule has 1 aromatic heterocycles. The summed E-state index contributed by atoms with van der Waals surface area (Å²) in [6.07, 6.45) is 3.88. The molecule has 2 rings (SSSR count). The second-order valence-corrected chi connectivity index (χ2v) is 4.91. The van der Waals surface area contributed by atoms with Crippen LogP contribution in [0.4, 0.5) is 11.8 Å². The monoisotopic (exact) mass is 270 g/mol. The van der Waals surface area contributed by atoms with Gasteiger partial charge in [-0.1, -0.05) is 11.6 Å². The topological polar surface area (TPSA) is 50.3 Å². The number of nitrogens with zero attached hydrogens (tertiary/aromatic N) is 3. The number of ether oxygens (including phenoxy) is 1. The van der Waals surface area contributed by atoms with Crippen molar-refractivity contribution >= 4 is 23.4 Å². The third-order valence-electron chi connectivity index (χ3n) is 3.27. The second-order valence-electron chi connectivity index (χ2n) is 4.50. The highest BCUT2D eigenvalue weighted by Crippen LogP contribution is 2.28. The highest BCUT2D eigenvalue weighted by atomic mass is 35.5. The van der Waals surface area contributed by atoms with Gasteiger partial charge in [-0.3, -0.25) is 0 Å². The van der Waals surface area contributed by atoms with Crippen LogP contribution in [0, 0.1) is 5.92 Å². The van der Waals surface area contributed by atoms with E-state index < -0.39 is 0 Å². The van der Waals surface area contributed by atoms with E-state index >= 15 is 0 Å². The minimum Gasteiger partial charge on any atom is -0.384 e. The number of rotatable bonds is 4. The van der Waals surface area contributed by atoms with Gasteiger partial charge in [-0.05, 0) is 18.8 Å². The molecule has 0 saturated carbocycles. The highest BCUT2D eigenvalue weighted by molar-refractivity contribution is 6.32. The molecular weight excluding hydrogens is 252 g/mol. The maximum absolute atomic E-state index is 6.16. The van der Waals surface area contributed by atoms with Crippen LogP contribution in [-0.4, -0.2) is 43.8 Å². The molecule has 18 heavy (non-hydrogen) atoms. The van der Waals surface area contributed by atoms with Crippen LogP contribution in [-0.2, 0) is 4.74 Å². The lowest BCUT2D eigenvalue weighted by molar-refractivity contribution is 0.139. The van der Waals surface area contributed by atoms with Crippen molar-refractivity contribution < 1.29 is 4.74 Å². The summed E-state index contributed by atoms with van der Waals surface area (Å²) in [5.41, 5.74) is 0. The van der Waals surface area contributed by atoms with Crippen LogP contribution in [0.5, 0.6) is 0 Å². The molecule has 6 heteroatoms. The lowest BCUT2D eigenvalue weighted by atomic mass is 9.98. The Morgan fingerprint density at radius 2 is 2.22 bits per heavy atom. The molecule has 1 fully saturated rings. The molecule has 2 heterocycles. The van der Waals surface area contributed by atoms with Crippen molar-refractivity contribution in [3.05, 3.63) is 11.2 Å². The third kappa shape index (κ3) is 3.03. The second kappa shape index (κ2) is 6.20. The summed E-state index contributed by atoms with van der Waals surface area (Å²) in [7, 11) is 3.56. The fraction of sp³-hybridized carbons (Fsp3) is 0.667. The molecule has 5 nitrogen and oxygen atoms in total. The summed E-state index contributed by atoms with van der Waals surface area (Å²) in [4.78, 5) is 10.7. The Bertz CT molecular complexity index is 394. The number of nitrogens with one attached hydrogen (secondary N) is 1. The predicted octanol–water partition coefficient (Wildman–Crippen LogP) is 2.03. The van der Waals surface area contributed by atoms with Crippen molar-refractivity contribution in [2.24, 2.45) is 5.92 Å². The first-order valence-electron chi connectivity index (χ1n) is 6.18. The number of halogens is 1. The molecule has 100 valence electrons. The summed E-state index contributed by atoms with van der Waals surface area (Å²) in [5, 5.41) is 3.55. The first kappa shape index (κ1) is 13.4. The molecule has 0 radical (unpaired) electrons. The van der Waals surface area contributed by atoms with E-state index in [9.17, 15) is 0 Å². The number of hydrogen-bond acceptors (Lipinski definition) is 5. The molecule has 0 bridgehead atoms. The molecule has 0 unspecified atom stereocenters. The molecule has 0 aromatic carbocycles. The van der Waals surface area contributed by atoms with E-state index in [-0.39, 0.29) is 0 Å². The summed E-state index contributed by atoms with van der Waals surface area (Å²) in [6, 6.07) is 0. The van der Waals surface area contributed by atoms with E-state index in [2.05, 4.69) is 20.2 Å². The molecule has 0 aliphatic carbocycles. The van der Waals surface area contributed by atoms with E-state index in [0.717, 1.165) is 38.4 Å². The van der Waals surface area contributed by atoms with Gasteiger partial charge in [0, 0.05) is 33.9 Å². The van der Waals surface area contributed by atoms with Gasteiger partial charge >= 0.3 is 0 Å². The van der Waals surface area contributed by atoms with E-state index in [0.29, 0.717) is 16.9 Å². The minimum absolute atomic E-state index is 0.605. The molecule has 1 saturated heterocycles. The fourth-order valence-corrected chi connectivity index (χ4v) is 2.46. The minimum atomic E-state index is 0.605. The molecular formula is C12H19ClN4O. The number of piperidine rings is 1. The van der Waals surface area contributed by atoms with Gasteiger partial charge in [0.15, 0.2) is 5.82 Å². The van der Waals surface area contributed by atoms with Crippen LogP contribution in [0.3, 0.4) is 0 Å². The Morgan fingerprint density at radius 1 is 1.50 bits per heavy atom. The summed E-state index contributed by atoms with van der Waals surface area (Å²) in [5.74, 6) is 2.08. The summed E-state index contributed by atoms with van der Waals surface area (Å²) < 4.78 is 5.20. The lowest BCUT2D eigenvalue weighted by Crippen LogP contribution is -2.35. The van der Waals surface area contributed by atoms with Crippen LogP contribution in [0.1, 0.15) is 12.8 Å². The largest absolute Gasteiger partial charge is 0.384 e. The van der Waals surface area contributed by atoms with Gasteiger partial charge < -0.3 is 15.0 Å². The van der Waals surface area contributed by atoms with Gasteiger partial charge in [-0.2, -0.15) is 4.98 Å². The van der Waals surface area contributed by atoms with Crippen molar-refractivity contribution in [2.75, 3.05) is 44.1 Å². The third-order valence-corrected chi connectivity index (χ3v) is 3.53. The van der Waals surface area contributed by atoms with Crippen molar-refractivity contribution in [1.82, 2.24) is 9.97 Å². The fourth-order valence-electron chi connectivity index (χ4n) is 2.25. The molecule has 1 aliphatic heterocycles. The smallest absolute Gasteiger partial charge is 0.224 e. The van der Waals surface area contributed by atoms with Crippen LogP contribution < -0.4 is 10.2 Å². The van der Waals surface area contributed by atoms with E-state index in [4.69, 9.17) is 16.3 Å². The first-order chi connectivity index (χ1) is 8.74. The Labute approximate surface area is 113 Å². The Hall–Kier alpha value is -1.07. The maximum Gasteiger partial charge on any atom is 0.224 e. The predicted molar refractivity (Wildman–Crippen MR) is 73.4 cm³/mol. The zero-order chi connectivity index (χ0) is 13.0. The van der Waals surface area contributed by atoms with Crippen molar-refractivity contribution in [2.45, 2.75) is 12.8 Å². The molecule has 1 N–H and O–H groups in total. The first-order valence-corrected chi connectivity index (χ1v) is 6.56. The Balaban J connectivity index is 2.04. The van der Waals surface area contributed by atoms with E-state index in [1.165, 1.54) is 0 Å². The zero-order valence-corrected chi connectivity index (χ0v) is 11.6. The van der Waals surface area contributed by atoms with Crippen LogP contribution >= 0.6 is 11.6 Å². The van der Waals surface area contributed by atoms with Gasteiger partial charge in [0.1, 0.15) is 5.02 Å². The van der Waals surface area contributed by atoms with Crippen molar-refractivity contribution in [3.8, 4) is 0 Å². The standard InChI is InChI=1S/C12H19ClN4O/c1-14-12-15-7-10(13)11(16-12)17-5-3-9(4-6-17)8-18-2/h7,9H,3-6,8H2,1-2H3,(H,14,15,16). The van der Waals surface area contributed by atoms with Crippen LogP contribution in [0.15, 0.2) is 6.20 Å². The Morgan fingerprint density at radius 3 is 2.83 bits per heavy atom. The normalized spacial score (nSPS) is 16.9. The van der Waals surface area contributed by atoms with Gasteiger partial charge in [0.05, 0.1) is 6.20 Å².